The number of hydrogen-bond acceptors (Lipinski definition) is 7. The molecule has 1 aromatic carbocycles. The first-order valence-corrected chi connectivity index (χ1v) is 7.90. The fraction of sp³-hybridized carbons (Fsp3) is 0.333. The van der Waals surface area contributed by atoms with E-state index < -0.39 is 75.9 Å². The summed E-state index contributed by atoms with van der Waals surface area (Å²) in [5.41, 5.74) is -3.52. The van der Waals surface area contributed by atoms with E-state index in [4.69, 9.17) is 4.74 Å². The molecule has 156 valence electrons. The molecule has 1 aliphatic rings. The number of benzene rings is 1. The van der Waals surface area contributed by atoms with Gasteiger partial charge in [0.2, 0.25) is 23.3 Å². The average Bonchev–Trinajstić information content (AvgIpc) is 3.00. The topological polar surface area (TPSA) is 137 Å². The Bertz CT molecular complexity index is 1060. The fourth-order valence-electron chi connectivity index (χ4n) is 2.74. The highest BCUT2D eigenvalue weighted by atomic mass is 19.2. The van der Waals surface area contributed by atoms with Crippen molar-refractivity contribution < 1.29 is 37.1 Å². The lowest BCUT2D eigenvalue weighted by Crippen LogP contribution is -2.32. The van der Waals surface area contributed by atoms with Crippen LogP contribution in [0.15, 0.2) is 21.9 Å². The first-order chi connectivity index (χ1) is 13.6. The summed E-state index contributed by atoms with van der Waals surface area (Å²) in [6.45, 7) is -0.805. The van der Waals surface area contributed by atoms with E-state index in [1.54, 1.807) is 0 Å². The van der Waals surface area contributed by atoms with E-state index in [-0.39, 0.29) is 6.42 Å². The van der Waals surface area contributed by atoms with E-state index in [0.29, 0.717) is 0 Å². The van der Waals surface area contributed by atoms with Gasteiger partial charge in [-0.05, 0) is 0 Å². The van der Waals surface area contributed by atoms with Gasteiger partial charge in [-0.1, -0.05) is 0 Å². The minimum atomic E-state index is -2.26. The third-order valence-corrected chi connectivity index (χ3v) is 4.14. The number of H-pyrrole nitrogens is 1. The average molecular weight is 421 g/mol. The zero-order valence-corrected chi connectivity index (χ0v) is 14.1. The monoisotopic (exact) mass is 421 g/mol. The Morgan fingerprint density at radius 3 is 2.41 bits per heavy atom. The van der Waals surface area contributed by atoms with E-state index in [9.17, 15) is 42.4 Å². The largest absolute Gasteiger partial charge is 0.485 e. The van der Waals surface area contributed by atoms with Crippen molar-refractivity contribution in [2.24, 2.45) is 0 Å². The van der Waals surface area contributed by atoms with Crippen LogP contribution in [0.25, 0.3) is 0 Å². The van der Waals surface area contributed by atoms with Crippen LogP contribution in [0.1, 0.15) is 12.6 Å². The molecule has 0 spiro atoms. The summed E-state index contributed by atoms with van der Waals surface area (Å²) in [7, 11) is 0. The second-order valence-electron chi connectivity index (χ2n) is 5.95. The lowest BCUT2D eigenvalue weighted by Gasteiger charge is -2.17. The van der Waals surface area contributed by atoms with Gasteiger partial charge in [-0.3, -0.25) is 24.5 Å². The predicted molar refractivity (Wildman–Crippen MR) is 84.3 cm³/mol. The van der Waals surface area contributed by atoms with Gasteiger partial charge in [0.25, 0.3) is 5.56 Å². The Labute approximate surface area is 157 Å². The Hall–Kier alpha value is -3.26. The van der Waals surface area contributed by atoms with Crippen molar-refractivity contribution in [1.29, 1.82) is 0 Å². The Morgan fingerprint density at radius 2 is 1.86 bits per heavy atom. The van der Waals surface area contributed by atoms with Crippen molar-refractivity contribution in [2.45, 2.75) is 24.9 Å². The molecule has 2 heterocycles. The molecular formula is C15H11F4N3O7. The first kappa shape index (κ1) is 20.5. The molecule has 1 aliphatic heterocycles. The number of nitro benzene ring substituents is 1. The molecule has 1 aromatic heterocycles. The molecule has 29 heavy (non-hydrogen) atoms. The van der Waals surface area contributed by atoms with Gasteiger partial charge in [-0.15, -0.1) is 0 Å². The van der Waals surface area contributed by atoms with E-state index in [1.807, 2.05) is 4.98 Å². The molecule has 14 heteroatoms. The van der Waals surface area contributed by atoms with E-state index >= 15 is 0 Å². The number of nitrogens with zero attached hydrogens (tertiary/aromatic N) is 2. The summed E-state index contributed by atoms with van der Waals surface area (Å²) in [5.74, 6) is -10.3. The minimum absolute atomic E-state index is 0.173. The van der Waals surface area contributed by atoms with Crippen molar-refractivity contribution in [3.63, 3.8) is 0 Å². The first-order valence-electron chi connectivity index (χ1n) is 7.90. The van der Waals surface area contributed by atoms with Crippen LogP contribution in [0.2, 0.25) is 0 Å². The van der Waals surface area contributed by atoms with Crippen molar-refractivity contribution in [3.8, 4) is 5.75 Å². The predicted octanol–water partition coefficient (Wildman–Crippen LogP) is 0.729. The highest BCUT2D eigenvalue weighted by molar-refractivity contribution is 5.42. The molecule has 1 fully saturated rings. The second kappa shape index (κ2) is 7.63. The van der Waals surface area contributed by atoms with Gasteiger partial charge >= 0.3 is 11.4 Å². The molecule has 2 N–H and O–H groups in total. The van der Waals surface area contributed by atoms with Crippen LogP contribution >= 0.6 is 0 Å². The number of aliphatic hydroxyl groups is 1. The highest BCUT2D eigenvalue weighted by Crippen LogP contribution is 2.35. The van der Waals surface area contributed by atoms with Crippen molar-refractivity contribution >= 4 is 5.69 Å². The normalized spacial score (nSPS) is 21.3. The number of hydrogen-bond donors (Lipinski definition) is 2. The van der Waals surface area contributed by atoms with Gasteiger partial charge in [0.05, 0.1) is 11.0 Å². The summed E-state index contributed by atoms with van der Waals surface area (Å²) >= 11 is 0. The summed E-state index contributed by atoms with van der Waals surface area (Å²) in [6, 6.07) is 1.02. The number of ether oxygens (including phenoxy) is 2. The van der Waals surface area contributed by atoms with Gasteiger partial charge in [-0.25, -0.2) is 4.79 Å². The summed E-state index contributed by atoms with van der Waals surface area (Å²) in [4.78, 5) is 33.7. The molecule has 2 aromatic rings. The Kier molecular flexibility index (Phi) is 5.39. The minimum Gasteiger partial charge on any atom is -0.485 e. The number of nitrogens with one attached hydrogen (secondary N) is 1. The molecule has 0 saturated carbocycles. The van der Waals surface area contributed by atoms with Gasteiger partial charge in [0.1, 0.15) is 18.9 Å². The lowest BCUT2D eigenvalue weighted by atomic mass is 10.2. The van der Waals surface area contributed by atoms with Crippen LogP contribution in [-0.2, 0) is 4.74 Å². The molecule has 0 aliphatic carbocycles. The van der Waals surface area contributed by atoms with Crippen LogP contribution in [0.5, 0.6) is 5.75 Å². The van der Waals surface area contributed by atoms with Crippen molar-refractivity contribution in [3.05, 3.63) is 66.5 Å². The number of halogens is 4. The van der Waals surface area contributed by atoms with Gasteiger partial charge in [-0.2, -0.15) is 17.6 Å². The van der Waals surface area contributed by atoms with E-state index in [1.165, 1.54) is 0 Å². The van der Waals surface area contributed by atoms with Crippen LogP contribution in [-0.4, -0.2) is 38.4 Å². The van der Waals surface area contributed by atoms with Crippen LogP contribution in [0.3, 0.4) is 0 Å². The highest BCUT2D eigenvalue weighted by Gasteiger charge is 2.38. The SMILES string of the molecule is O=c1ccn([C@@H]2CC(O)[C@H](COc3c(F)c(F)c([N+](=O)[O-])c(F)c3F)O2)c(=O)[nH]1. The Morgan fingerprint density at radius 1 is 1.24 bits per heavy atom. The smallest absolute Gasteiger partial charge is 0.346 e. The van der Waals surface area contributed by atoms with Gasteiger partial charge in [0.15, 0.2) is 5.75 Å². The fourth-order valence-corrected chi connectivity index (χ4v) is 2.74. The number of aromatic nitrogens is 2. The quantitative estimate of drug-likeness (QED) is 0.314. The summed E-state index contributed by atoms with van der Waals surface area (Å²) in [5, 5.41) is 20.5. The summed E-state index contributed by atoms with van der Waals surface area (Å²) < 4.78 is 66.0. The van der Waals surface area contributed by atoms with E-state index in [2.05, 4.69) is 4.74 Å². The van der Waals surface area contributed by atoms with E-state index in [0.717, 1.165) is 16.8 Å². The molecule has 0 amide bonds. The zero-order chi connectivity index (χ0) is 21.5. The molecule has 3 atom stereocenters. The lowest BCUT2D eigenvalue weighted by molar-refractivity contribution is -0.390. The summed E-state index contributed by atoms with van der Waals surface area (Å²) in [6.07, 6.45) is -2.73. The molecule has 10 nitrogen and oxygen atoms in total. The standard InChI is InChI=1S/C15H11F4N3O7/c16-9-11(18)14(12(19)10(17)13(9)22(26)27)28-4-6-5(23)3-8(29-6)21-2-1-7(24)20-15(21)25/h1-2,5-6,8,23H,3-4H2,(H,20,24,25)/t5?,6-,8-/m0/s1. The molecular weight excluding hydrogens is 410 g/mol. The molecule has 3 rings (SSSR count). The molecule has 1 unspecified atom stereocenters. The van der Waals surface area contributed by atoms with Crippen LogP contribution in [0, 0.1) is 33.4 Å². The molecule has 0 bridgehead atoms. The maximum atomic E-state index is 13.9. The maximum absolute atomic E-state index is 13.9. The Balaban J connectivity index is 1.79. The number of aromatic amines is 1. The zero-order valence-electron chi connectivity index (χ0n) is 14.1. The van der Waals surface area contributed by atoms with Crippen molar-refractivity contribution in [1.82, 2.24) is 9.55 Å². The van der Waals surface area contributed by atoms with Crippen molar-refractivity contribution in [2.75, 3.05) is 6.61 Å². The number of aliphatic hydroxyl groups excluding tert-OH is 1. The number of nitro groups is 1. The van der Waals surface area contributed by atoms with Crippen LogP contribution in [0.4, 0.5) is 23.2 Å². The third kappa shape index (κ3) is 3.71. The molecule has 0 radical (unpaired) electrons. The third-order valence-electron chi connectivity index (χ3n) is 4.14. The molecule has 1 saturated heterocycles. The number of rotatable bonds is 5. The van der Waals surface area contributed by atoms with Gasteiger partial charge in [0, 0.05) is 18.7 Å². The maximum Gasteiger partial charge on any atom is 0.346 e. The van der Waals surface area contributed by atoms with Crippen LogP contribution < -0.4 is 16.0 Å². The van der Waals surface area contributed by atoms with Gasteiger partial charge < -0.3 is 14.6 Å². The second-order valence-corrected chi connectivity index (χ2v) is 5.95.